The van der Waals surface area contributed by atoms with Gasteiger partial charge in [-0.3, -0.25) is 9.10 Å². The van der Waals surface area contributed by atoms with Crippen LogP contribution in [0.2, 0.25) is 0 Å². The lowest BCUT2D eigenvalue weighted by Gasteiger charge is -2.24. The Morgan fingerprint density at radius 2 is 1.59 bits per heavy atom. The van der Waals surface area contributed by atoms with Crippen molar-refractivity contribution in [2.24, 2.45) is 0 Å². The predicted molar refractivity (Wildman–Crippen MR) is 121 cm³/mol. The third kappa shape index (κ3) is 5.31. The zero-order valence-electron chi connectivity index (χ0n) is 18.0. The predicted octanol–water partition coefficient (Wildman–Crippen LogP) is 5.23. The van der Waals surface area contributed by atoms with Crippen LogP contribution in [0.4, 0.5) is 20.2 Å². The van der Waals surface area contributed by atoms with Crippen molar-refractivity contribution in [3.63, 3.8) is 0 Å². The van der Waals surface area contributed by atoms with Gasteiger partial charge in [0.1, 0.15) is 18.2 Å². The number of sulfonamides is 1. The lowest BCUT2D eigenvalue weighted by atomic mass is 10.0. The summed E-state index contributed by atoms with van der Waals surface area (Å²) >= 11 is 0. The molecule has 0 spiro atoms. The van der Waals surface area contributed by atoms with Gasteiger partial charge < -0.3 is 5.32 Å². The first kappa shape index (κ1) is 23.4. The van der Waals surface area contributed by atoms with Crippen LogP contribution in [0.3, 0.4) is 0 Å². The van der Waals surface area contributed by atoms with Crippen LogP contribution in [0.15, 0.2) is 71.6 Å². The molecule has 32 heavy (non-hydrogen) atoms. The SMILES string of the molecule is Cc1ccc(S(=O)(=O)N(CC(=O)Nc2ccc(F)cc2F)c2ccc(C(C)C)cc2)cc1. The summed E-state index contributed by atoms with van der Waals surface area (Å²) < 4.78 is 54.8. The van der Waals surface area contributed by atoms with Gasteiger partial charge in [0.25, 0.3) is 10.0 Å². The standard InChI is InChI=1S/C24H24F2N2O3S/c1-16(2)18-6-9-20(10-7-18)28(32(30,31)21-11-4-17(3)5-12-21)15-24(29)27-23-13-8-19(25)14-22(23)26/h4-14,16H,15H2,1-3H3,(H,27,29). The molecule has 0 fully saturated rings. The minimum atomic E-state index is -4.09. The van der Waals surface area contributed by atoms with Crippen LogP contribution in [0.25, 0.3) is 0 Å². The number of aryl methyl sites for hydroxylation is 1. The molecule has 3 aromatic carbocycles. The van der Waals surface area contributed by atoms with Crippen LogP contribution in [0.1, 0.15) is 30.9 Å². The van der Waals surface area contributed by atoms with Gasteiger partial charge in [0.2, 0.25) is 5.91 Å². The van der Waals surface area contributed by atoms with E-state index >= 15 is 0 Å². The van der Waals surface area contributed by atoms with E-state index in [9.17, 15) is 22.0 Å². The van der Waals surface area contributed by atoms with Crippen LogP contribution < -0.4 is 9.62 Å². The highest BCUT2D eigenvalue weighted by Crippen LogP contribution is 2.26. The van der Waals surface area contributed by atoms with Crippen molar-refractivity contribution in [1.29, 1.82) is 0 Å². The molecule has 0 saturated carbocycles. The lowest BCUT2D eigenvalue weighted by Crippen LogP contribution is -2.38. The molecule has 3 rings (SSSR count). The molecule has 0 radical (unpaired) electrons. The number of halogens is 2. The van der Waals surface area contributed by atoms with E-state index in [0.29, 0.717) is 11.8 Å². The fourth-order valence-corrected chi connectivity index (χ4v) is 4.51. The van der Waals surface area contributed by atoms with Crippen LogP contribution in [-0.2, 0) is 14.8 Å². The first-order valence-corrected chi connectivity index (χ1v) is 11.5. The summed E-state index contributed by atoms with van der Waals surface area (Å²) in [5.41, 5.74) is 1.96. The largest absolute Gasteiger partial charge is 0.322 e. The first-order chi connectivity index (χ1) is 15.1. The molecule has 0 saturated heterocycles. The highest BCUT2D eigenvalue weighted by molar-refractivity contribution is 7.92. The van der Waals surface area contributed by atoms with Crippen molar-refractivity contribution in [2.75, 3.05) is 16.2 Å². The van der Waals surface area contributed by atoms with Crippen molar-refractivity contribution in [2.45, 2.75) is 31.6 Å². The van der Waals surface area contributed by atoms with E-state index in [2.05, 4.69) is 5.32 Å². The molecule has 1 N–H and O–H groups in total. The second-order valence-electron chi connectivity index (χ2n) is 7.74. The van der Waals surface area contributed by atoms with E-state index in [1.807, 2.05) is 20.8 Å². The van der Waals surface area contributed by atoms with Gasteiger partial charge in [0.05, 0.1) is 16.3 Å². The quantitative estimate of drug-likeness (QED) is 0.527. The summed E-state index contributed by atoms with van der Waals surface area (Å²) in [5.74, 6) is -2.25. The molecule has 0 bridgehead atoms. The Labute approximate surface area is 186 Å². The number of benzene rings is 3. The molecular weight excluding hydrogens is 434 g/mol. The van der Waals surface area contributed by atoms with Gasteiger partial charge in [0.15, 0.2) is 0 Å². The monoisotopic (exact) mass is 458 g/mol. The first-order valence-electron chi connectivity index (χ1n) is 10.0. The van der Waals surface area contributed by atoms with Gasteiger partial charge in [-0.1, -0.05) is 43.7 Å². The molecule has 0 atom stereocenters. The smallest absolute Gasteiger partial charge is 0.264 e. The summed E-state index contributed by atoms with van der Waals surface area (Å²) in [7, 11) is -4.09. The number of anilines is 2. The Bertz CT molecular complexity index is 1210. The molecule has 0 aromatic heterocycles. The van der Waals surface area contributed by atoms with Crippen LogP contribution in [-0.4, -0.2) is 20.9 Å². The van der Waals surface area contributed by atoms with E-state index < -0.39 is 34.1 Å². The molecule has 0 aliphatic heterocycles. The van der Waals surface area contributed by atoms with E-state index in [0.717, 1.165) is 27.6 Å². The van der Waals surface area contributed by atoms with Gasteiger partial charge >= 0.3 is 0 Å². The summed E-state index contributed by atoms with van der Waals surface area (Å²) in [6.07, 6.45) is 0. The summed E-state index contributed by atoms with van der Waals surface area (Å²) in [6.45, 7) is 5.28. The maximum absolute atomic E-state index is 13.9. The lowest BCUT2D eigenvalue weighted by molar-refractivity contribution is -0.114. The van der Waals surface area contributed by atoms with Crippen molar-refractivity contribution in [3.05, 3.63) is 89.5 Å². The second-order valence-corrected chi connectivity index (χ2v) is 9.61. The highest BCUT2D eigenvalue weighted by atomic mass is 32.2. The second kappa shape index (κ2) is 9.48. The van der Waals surface area contributed by atoms with Gasteiger partial charge in [-0.2, -0.15) is 0 Å². The molecule has 0 unspecified atom stereocenters. The number of amides is 1. The number of carbonyl (C=O) groups excluding carboxylic acids is 1. The molecule has 3 aromatic rings. The van der Waals surface area contributed by atoms with E-state index in [1.54, 1.807) is 36.4 Å². The number of hydrogen-bond acceptors (Lipinski definition) is 3. The van der Waals surface area contributed by atoms with E-state index in [1.165, 1.54) is 12.1 Å². The minimum absolute atomic E-state index is 0.0248. The van der Waals surface area contributed by atoms with Crippen molar-refractivity contribution in [3.8, 4) is 0 Å². The number of rotatable bonds is 7. The Morgan fingerprint density at radius 3 is 2.16 bits per heavy atom. The van der Waals surface area contributed by atoms with Gasteiger partial charge in [-0.25, -0.2) is 17.2 Å². The summed E-state index contributed by atoms with van der Waals surface area (Å²) in [4.78, 5) is 12.7. The number of carbonyl (C=O) groups is 1. The molecule has 5 nitrogen and oxygen atoms in total. The number of hydrogen-bond donors (Lipinski definition) is 1. The Balaban J connectivity index is 1.96. The number of nitrogens with zero attached hydrogens (tertiary/aromatic N) is 1. The maximum atomic E-state index is 13.9. The van der Waals surface area contributed by atoms with Gasteiger partial charge in [0, 0.05) is 6.07 Å². The zero-order valence-corrected chi connectivity index (χ0v) is 18.8. The van der Waals surface area contributed by atoms with Crippen LogP contribution in [0, 0.1) is 18.6 Å². The van der Waals surface area contributed by atoms with Gasteiger partial charge in [-0.05, 0) is 54.8 Å². The van der Waals surface area contributed by atoms with Crippen LogP contribution >= 0.6 is 0 Å². The Hall–Kier alpha value is -3.26. The fraction of sp³-hybridized carbons (Fsp3) is 0.208. The maximum Gasteiger partial charge on any atom is 0.264 e. The van der Waals surface area contributed by atoms with Crippen LogP contribution in [0.5, 0.6) is 0 Å². The average molecular weight is 459 g/mol. The molecule has 168 valence electrons. The molecule has 0 heterocycles. The summed E-state index contributed by atoms with van der Waals surface area (Å²) in [6, 6.07) is 15.9. The van der Waals surface area contributed by atoms with Gasteiger partial charge in [-0.15, -0.1) is 0 Å². The molecule has 1 amide bonds. The number of nitrogens with one attached hydrogen (secondary N) is 1. The third-order valence-corrected chi connectivity index (χ3v) is 6.74. The van der Waals surface area contributed by atoms with Crippen molar-refractivity contribution in [1.82, 2.24) is 0 Å². The molecular formula is C24H24F2N2O3S. The van der Waals surface area contributed by atoms with Crippen molar-refractivity contribution < 1.29 is 22.0 Å². The third-order valence-electron chi connectivity index (χ3n) is 4.95. The highest BCUT2D eigenvalue weighted by Gasteiger charge is 2.27. The minimum Gasteiger partial charge on any atom is -0.322 e. The van der Waals surface area contributed by atoms with Crippen molar-refractivity contribution >= 4 is 27.3 Å². The van der Waals surface area contributed by atoms with E-state index in [4.69, 9.17) is 0 Å². The van der Waals surface area contributed by atoms with E-state index in [-0.39, 0.29) is 16.5 Å². The molecule has 0 aliphatic rings. The Morgan fingerprint density at radius 1 is 0.969 bits per heavy atom. The topological polar surface area (TPSA) is 66.5 Å². The average Bonchev–Trinajstić information content (AvgIpc) is 2.74. The summed E-state index contributed by atoms with van der Waals surface area (Å²) in [5, 5.41) is 2.31. The Kier molecular flexibility index (Phi) is 6.93. The normalized spacial score (nSPS) is 11.4. The molecule has 8 heteroatoms. The zero-order chi connectivity index (χ0) is 23.5. The molecule has 0 aliphatic carbocycles. The fourth-order valence-electron chi connectivity index (χ4n) is 3.09.